The van der Waals surface area contributed by atoms with Crippen LogP contribution >= 0.6 is 0 Å². The van der Waals surface area contributed by atoms with Crippen LogP contribution < -0.4 is 5.56 Å². The Morgan fingerprint density at radius 2 is 1.65 bits per heavy atom. The van der Waals surface area contributed by atoms with Crippen LogP contribution in [0.15, 0.2) is 83.7 Å². The number of hydrogen-bond donors (Lipinski definition) is 0. The summed E-state index contributed by atoms with van der Waals surface area (Å²) in [6.07, 6.45) is 1.14. The van der Waals surface area contributed by atoms with E-state index in [1.54, 1.807) is 42.3 Å². The molecule has 1 aromatic heterocycles. The van der Waals surface area contributed by atoms with Crippen LogP contribution in [0.2, 0.25) is 0 Å². The van der Waals surface area contributed by atoms with Crippen molar-refractivity contribution in [2.75, 3.05) is 20.3 Å². The van der Waals surface area contributed by atoms with Gasteiger partial charge in [-0.2, -0.15) is 0 Å². The lowest BCUT2D eigenvalue weighted by Crippen LogP contribution is -2.42. The zero-order valence-corrected chi connectivity index (χ0v) is 21.4. The first-order chi connectivity index (χ1) is 18.0. The summed E-state index contributed by atoms with van der Waals surface area (Å²) in [6.45, 7) is 4.64. The van der Waals surface area contributed by atoms with E-state index in [0.717, 1.165) is 5.56 Å². The molecule has 1 amide bonds. The van der Waals surface area contributed by atoms with Crippen LogP contribution in [0, 0.1) is 5.82 Å². The number of para-hydroxylation sites is 1. The Hall–Kier alpha value is -3.84. The van der Waals surface area contributed by atoms with E-state index in [9.17, 15) is 14.0 Å². The maximum absolute atomic E-state index is 14.1. The van der Waals surface area contributed by atoms with Gasteiger partial charge in [-0.3, -0.25) is 14.2 Å². The van der Waals surface area contributed by atoms with Gasteiger partial charge >= 0.3 is 0 Å². The van der Waals surface area contributed by atoms with Crippen LogP contribution in [0.25, 0.3) is 16.6 Å². The lowest BCUT2D eigenvalue weighted by atomic mass is 9.94. The van der Waals surface area contributed by atoms with Gasteiger partial charge in [0.15, 0.2) is 0 Å². The molecule has 0 fully saturated rings. The van der Waals surface area contributed by atoms with Crippen LogP contribution in [-0.2, 0) is 9.53 Å². The molecule has 0 N–H and O–H groups in total. The highest BCUT2D eigenvalue weighted by molar-refractivity contribution is 5.84. The summed E-state index contributed by atoms with van der Waals surface area (Å²) < 4.78 is 20.6. The number of nitrogens with zero attached hydrogens (tertiary/aromatic N) is 3. The largest absolute Gasteiger partial charge is 0.383 e. The first kappa shape index (κ1) is 26.2. The van der Waals surface area contributed by atoms with E-state index >= 15 is 0 Å². The summed E-state index contributed by atoms with van der Waals surface area (Å²) in [5.41, 5.74) is 1.72. The van der Waals surface area contributed by atoms with Gasteiger partial charge in [0.2, 0.25) is 5.91 Å². The molecule has 2 atom stereocenters. The van der Waals surface area contributed by atoms with E-state index in [-0.39, 0.29) is 17.4 Å². The molecule has 0 aliphatic rings. The highest BCUT2D eigenvalue weighted by Gasteiger charge is 2.33. The summed E-state index contributed by atoms with van der Waals surface area (Å²) in [6, 6.07) is 22.1. The Bertz CT molecular complexity index is 1400. The predicted molar refractivity (Wildman–Crippen MR) is 143 cm³/mol. The van der Waals surface area contributed by atoms with Gasteiger partial charge in [-0.15, -0.1) is 0 Å². The van der Waals surface area contributed by atoms with Gasteiger partial charge < -0.3 is 9.64 Å². The number of benzene rings is 3. The van der Waals surface area contributed by atoms with Crippen molar-refractivity contribution in [2.24, 2.45) is 0 Å². The number of carbonyl (C=O) groups excluding carboxylic acids is 1. The van der Waals surface area contributed by atoms with Gasteiger partial charge in [-0.1, -0.05) is 56.3 Å². The Morgan fingerprint density at radius 3 is 2.30 bits per heavy atom. The molecule has 4 aromatic rings. The lowest BCUT2D eigenvalue weighted by Gasteiger charge is -2.34. The topological polar surface area (TPSA) is 64.4 Å². The van der Waals surface area contributed by atoms with E-state index in [1.165, 1.54) is 16.7 Å². The Kier molecular flexibility index (Phi) is 8.46. The zero-order chi connectivity index (χ0) is 26.4. The monoisotopic (exact) mass is 501 g/mol. The normalized spacial score (nSPS) is 12.9. The summed E-state index contributed by atoms with van der Waals surface area (Å²) in [5, 5.41) is 0.455. The number of aromatic nitrogens is 2. The standard InChI is InChI=1S/C30H32FN3O3/c1-4-24(21-11-7-6-8-12-21)29(35)33(19-20-37-3)27(5-2)28-32-26-14-10-9-13-25(26)30(36)34(28)23-17-15-22(31)16-18-23/h6-18,24,27H,4-5,19-20H2,1-3H3. The molecule has 0 saturated heterocycles. The van der Waals surface area contributed by atoms with E-state index in [2.05, 4.69) is 0 Å². The Morgan fingerprint density at radius 1 is 0.973 bits per heavy atom. The number of amides is 1. The number of hydrogen-bond acceptors (Lipinski definition) is 4. The SMILES string of the molecule is CCC(C(=O)N(CCOC)C(CC)c1nc2ccccc2c(=O)n1-c1ccc(F)cc1)c1ccccc1. The number of halogens is 1. The number of ether oxygens (including phenoxy) is 1. The van der Waals surface area contributed by atoms with Gasteiger partial charge in [0.1, 0.15) is 11.6 Å². The zero-order valence-electron chi connectivity index (χ0n) is 21.4. The molecule has 0 spiro atoms. The van der Waals surface area contributed by atoms with Crippen molar-refractivity contribution in [3.05, 3.63) is 106 Å². The van der Waals surface area contributed by atoms with Crippen molar-refractivity contribution in [1.82, 2.24) is 14.5 Å². The van der Waals surface area contributed by atoms with Crippen LogP contribution in [0.3, 0.4) is 0 Å². The van der Waals surface area contributed by atoms with Crippen molar-refractivity contribution < 1.29 is 13.9 Å². The van der Waals surface area contributed by atoms with Crippen molar-refractivity contribution in [3.63, 3.8) is 0 Å². The molecular formula is C30H32FN3O3. The molecule has 0 bridgehead atoms. The maximum atomic E-state index is 14.1. The summed E-state index contributed by atoms with van der Waals surface area (Å²) in [4.78, 5) is 34.6. The van der Waals surface area contributed by atoms with Gasteiger partial charge in [0, 0.05) is 13.7 Å². The average Bonchev–Trinajstić information content (AvgIpc) is 2.93. The number of rotatable bonds is 10. The fraction of sp³-hybridized carbons (Fsp3) is 0.300. The molecule has 7 heteroatoms. The molecule has 1 heterocycles. The minimum Gasteiger partial charge on any atom is -0.383 e. The third-order valence-corrected chi connectivity index (χ3v) is 6.68. The van der Waals surface area contributed by atoms with E-state index in [4.69, 9.17) is 9.72 Å². The van der Waals surface area contributed by atoms with Crippen LogP contribution in [-0.4, -0.2) is 40.6 Å². The van der Waals surface area contributed by atoms with Crippen molar-refractivity contribution in [1.29, 1.82) is 0 Å². The molecule has 2 unspecified atom stereocenters. The molecule has 192 valence electrons. The molecule has 37 heavy (non-hydrogen) atoms. The fourth-order valence-corrected chi connectivity index (χ4v) is 4.80. The van der Waals surface area contributed by atoms with Crippen molar-refractivity contribution in [2.45, 2.75) is 38.6 Å². The summed E-state index contributed by atoms with van der Waals surface area (Å²) in [5.74, 6) is -0.362. The average molecular weight is 502 g/mol. The highest BCUT2D eigenvalue weighted by atomic mass is 19.1. The second-order valence-corrected chi connectivity index (χ2v) is 8.92. The van der Waals surface area contributed by atoms with Gasteiger partial charge in [0.25, 0.3) is 5.56 Å². The number of carbonyl (C=O) groups is 1. The maximum Gasteiger partial charge on any atom is 0.266 e. The lowest BCUT2D eigenvalue weighted by molar-refractivity contribution is -0.136. The van der Waals surface area contributed by atoms with Crippen LogP contribution in [0.5, 0.6) is 0 Å². The second-order valence-electron chi connectivity index (χ2n) is 8.92. The van der Waals surface area contributed by atoms with Crippen molar-refractivity contribution >= 4 is 16.8 Å². The molecule has 0 radical (unpaired) electrons. The molecule has 0 saturated carbocycles. The molecule has 0 aliphatic carbocycles. The summed E-state index contributed by atoms with van der Waals surface area (Å²) >= 11 is 0. The van der Waals surface area contributed by atoms with E-state index < -0.39 is 11.9 Å². The molecule has 6 nitrogen and oxygen atoms in total. The Labute approximate surface area is 216 Å². The number of fused-ring (bicyclic) bond motifs is 1. The molecular weight excluding hydrogens is 469 g/mol. The number of methoxy groups -OCH3 is 1. The Balaban J connectivity index is 1.91. The van der Waals surface area contributed by atoms with E-state index in [0.29, 0.717) is 48.4 Å². The quantitative estimate of drug-likeness (QED) is 0.282. The first-order valence-electron chi connectivity index (χ1n) is 12.6. The molecule has 4 rings (SSSR count). The van der Waals surface area contributed by atoms with Crippen LogP contribution in [0.4, 0.5) is 4.39 Å². The van der Waals surface area contributed by atoms with Crippen LogP contribution in [0.1, 0.15) is 50.0 Å². The van der Waals surface area contributed by atoms with E-state index in [1.807, 2.05) is 50.2 Å². The molecule has 0 aliphatic heterocycles. The third-order valence-electron chi connectivity index (χ3n) is 6.68. The highest BCUT2D eigenvalue weighted by Crippen LogP contribution is 2.31. The third kappa shape index (κ3) is 5.47. The van der Waals surface area contributed by atoms with Gasteiger partial charge in [0.05, 0.1) is 35.2 Å². The fourth-order valence-electron chi connectivity index (χ4n) is 4.80. The molecule has 3 aromatic carbocycles. The minimum absolute atomic E-state index is 0.0503. The van der Waals surface area contributed by atoms with Gasteiger partial charge in [-0.05, 0) is 54.8 Å². The smallest absolute Gasteiger partial charge is 0.266 e. The predicted octanol–water partition coefficient (Wildman–Crippen LogP) is 5.64. The van der Waals surface area contributed by atoms with Gasteiger partial charge in [-0.25, -0.2) is 9.37 Å². The summed E-state index contributed by atoms with van der Waals surface area (Å²) in [7, 11) is 1.60. The van der Waals surface area contributed by atoms with Crippen molar-refractivity contribution in [3.8, 4) is 5.69 Å². The first-order valence-corrected chi connectivity index (χ1v) is 12.6. The second kappa shape index (κ2) is 11.9. The minimum atomic E-state index is -0.511.